The Morgan fingerprint density at radius 3 is 2.52 bits per heavy atom. The highest BCUT2D eigenvalue weighted by atomic mass is 19.4. The molecule has 21 heavy (non-hydrogen) atoms. The predicted molar refractivity (Wildman–Crippen MR) is 74.6 cm³/mol. The molecular weight excluding hydrogens is 283 g/mol. The van der Waals surface area contributed by atoms with Crippen LogP contribution < -0.4 is 5.32 Å². The fourth-order valence-electron chi connectivity index (χ4n) is 1.34. The Kier molecular flexibility index (Phi) is 5.52. The van der Waals surface area contributed by atoms with E-state index >= 15 is 0 Å². The highest BCUT2D eigenvalue weighted by Gasteiger charge is 2.36. The van der Waals surface area contributed by atoms with Crippen molar-refractivity contribution in [2.24, 2.45) is 0 Å². The molecule has 0 aliphatic rings. The fourth-order valence-corrected chi connectivity index (χ4v) is 1.34. The molecule has 4 nitrogen and oxygen atoms in total. The van der Waals surface area contributed by atoms with Crippen LogP contribution in [0.5, 0.6) is 0 Å². The molecule has 0 spiro atoms. The zero-order chi connectivity index (χ0) is 16.0. The van der Waals surface area contributed by atoms with Crippen LogP contribution in [0.1, 0.15) is 5.69 Å². The van der Waals surface area contributed by atoms with E-state index in [0.717, 1.165) is 0 Å². The van der Waals surface area contributed by atoms with E-state index in [2.05, 4.69) is 10.3 Å². The highest BCUT2D eigenvalue weighted by Crippen LogP contribution is 2.18. The summed E-state index contributed by atoms with van der Waals surface area (Å²) >= 11 is 0. The SMILES string of the molecule is Cc1cccc(NC(=C\C(=O)C(F)(F)F)/C=C/N(C)C)n1. The number of rotatable bonds is 5. The number of pyridine rings is 1. The van der Waals surface area contributed by atoms with E-state index in [1.807, 2.05) is 0 Å². The second-order valence-corrected chi connectivity index (χ2v) is 4.53. The molecule has 0 aromatic carbocycles. The maximum Gasteiger partial charge on any atom is 0.454 e. The number of carbonyl (C=O) groups excluding carboxylic acids is 1. The van der Waals surface area contributed by atoms with Gasteiger partial charge < -0.3 is 10.2 Å². The third kappa shape index (κ3) is 6.11. The first kappa shape index (κ1) is 16.7. The lowest BCUT2D eigenvalue weighted by molar-refractivity contribution is -0.165. The van der Waals surface area contributed by atoms with Crippen molar-refractivity contribution >= 4 is 11.6 Å². The predicted octanol–water partition coefficient (Wildman–Crippen LogP) is 2.89. The number of carbonyl (C=O) groups is 1. The Balaban J connectivity index is 3.03. The minimum Gasteiger partial charge on any atom is -0.383 e. The highest BCUT2D eigenvalue weighted by molar-refractivity contribution is 5.95. The lowest BCUT2D eigenvalue weighted by Crippen LogP contribution is -2.21. The number of allylic oxidation sites excluding steroid dienone is 2. The molecule has 0 radical (unpaired) electrons. The molecule has 0 fully saturated rings. The summed E-state index contributed by atoms with van der Waals surface area (Å²) in [4.78, 5) is 16.8. The van der Waals surface area contributed by atoms with Crippen LogP contribution in [0, 0.1) is 6.92 Å². The van der Waals surface area contributed by atoms with Crippen molar-refractivity contribution in [1.82, 2.24) is 9.88 Å². The molecule has 0 bridgehead atoms. The molecule has 0 saturated heterocycles. The van der Waals surface area contributed by atoms with Gasteiger partial charge in [0.05, 0.1) is 0 Å². The van der Waals surface area contributed by atoms with Gasteiger partial charge in [-0.05, 0) is 25.1 Å². The lowest BCUT2D eigenvalue weighted by atomic mass is 10.2. The van der Waals surface area contributed by atoms with Crippen molar-refractivity contribution in [1.29, 1.82) is 0 Å². The quantitative estimate of drug-likeness (QED) is 0.671. The first-order valence-electron chi connectivity index (χ1n) is 6.06. The smallest absolute Gasteiger partial charge is 0.383 e. The molecule has 1 heterocycles. The molecule has 0 atom stereocenters. The van der Waals surface area contributed by atoms with Gasteiger partial charge in [-0.2, -0.15) is 13.2 Å². The summed E-state index contributed by atoms with van der Waals surface area (Å²) in [7, 11) is 3.43. The molecule has 1 rings (SSSR count). The molecule has 0 unspecified atom stereocenters. The Labute approximate surface area is 121 Å². The van der Waals surface area contributed by atoms with Crippen LogP contribution in [-0.2, 0) is 4.79 Å². The van der Waals surface area contributed by atoms with Gasteiger partial charge in [-0.25, -0.2) is 4.98 Å². The van der Waals surface area contributed by atoms with Crippen LogP contribution in [0.15, 0.2) is 42.2 Å². The number of aromatic nitrogens is 1. The van der Waals surface area contributed by atoms with E-state index in [4.69, 9.17) is 0 Å². The van der Waals surface area contributed by atoms with E-state index in [1.54, 1.807) is 44.1 Å². The summed E-state index contributed by atoms with van der Waals surface area (Å²) in [6, 6.07) is 5.07. The average molecular weight is 299 g/mol. The van der Waals surface area contributed by atoms with E-state index in [-0.39, 0.29) is 5.70 Å². The second-order valence-electron chi connectivity index (χ2n) is 4.53. The third-order valence-electron chi connectivity index (χ3n) is 2.28. The molecular formula is C14H16F3N3O. The average Bonchev–Trinajstić information content (AvgIpc) is 2.34. The van der Waals surface area contributed by atoms with Gasteiger partial charge >= 0.3 is 6.18 Å². The van der Waals surface area contributed by atoms with E-state index in [1.165, 1.54) is 12.3 Å². The monoisotopic (exact) mass is 299 g/mol. The molecule has 0 aliphatic carbocycles. The topological polar surface area (TPSA) is 45.2 Å². The number of anilines is 1. The number of hydrogen-bond donors (Lipinski definition) is 1. The molecule has 7 heteroatoms. The summed E-state index contributed by atoms with van der Waals surface area (Å²) < 4.78 is 37.0. The zero-order valence-electron chi connectivity index (χ0n) is 11.9. The second kappa shape index (κ2) is 6.92. The van der Waals surface area contributed by atoms with Crippen molar-refractivity contribution in [3.63, 3.8) is 0 Å². The van der Waals surface area contributed by atoms with Crippen LogP contribution in [0.4, 0.5) is 19.0 Å². The number of nitrogens with zero attached hydrogens (tertiary/aromatic N) is 2. The summed E-state index contributed by atoms with van der Waals surface area (Å²) in [6.45, 7) is 1.76. The molecule has 114 valence electrons. The first-order valence-corrected chi connectivity index (χ1v) is 6.06. The Bertz CT molecular complexity index is 563. The van der Waals surface area contributed by atoms with Crippen LogP contribution in [-0.4, -0.2) is 35.9 Å². The minimum absolute atomic E-state index is 0.00382. The zero-order valence-corrected chi connectivity index (χ0v) is 11.9. The Morgan fingerprint density at radius 2 is 2.00 bits per heavy atom. The molecule has 0 amide bonds. The van der Waals surface area contributed by atoms with Gasteiger partial charge in [0.25, 0.3) is 5.78 Å². The minimum atomic E-state index is -4.90. The lowest BCUT2D eigenvalue weighted by Gasteiger charge is -2.10. The molecule has 0 saturated carbocycles. The largest absolute Gasteiger partial charge is 0.454 e. The van der Waals surface area contributed by atoms with Crippen molar-refractivity contribution < 1.29 is 18.0 Å². The van der Waals surface area contributed by atoms with Crippen molar-refractivity contribution in [3.8, 4) is 0 Å². The van der Waals surface area contributed by atoms with Crippen LogP contribution >= 0.6 is 0 Å². The van der Waals surface area contributed by atoms with Crippen LogP contribution in [0.3, 0.4) is 0 Å². The maximum atomic E-state index is 12.3. The van der Waals surface area contributed by atoms with Crippen molar-refractivity contribution in [2.45, 2.75) is 13.1 Å². The van der Waals surface area contributed by atoms with Crippen LogP contribution in [0.25, 0.3) is 0 Å². The van der Waals surface area contributed by atoms with E-state index < -0.39 is 12.0 Å². The summed E-state index contributed by atoms with van der Waals surface area (Å²) in [5.41, 5.74) is 0.710. The Hall–Kier alpha value is -2.31. The molecule has 0 aliphatic heterocycles. The number of aryl methyl sites for hydroxylation is 1. The summed E-state index contributed by atoms with van der Waals surface area (Å²) in [5, 5.41) is 2.69. The number of nitrogens with one attached hydrogen (secondary N) is 1. The Morgan fingerprint density at radius 1 is 1.33 bits per heavy atom. The number of ketones is 1. The molecule has 1 aromatic heterocycles. The number of alkyl halides is 3. The van der Waals surface area contributed by atoms with Crippen molar-refractivity contribution in [2.75, 3.05) is 19.4 Å². The van der Waals surface area contributed by atoms with Gasteiger partial charge in [-0.1, -0.05) is 6.07 Å². The summed E-state index contributed by atoms with van der Waals surface area (Å²) in [6.07, 6.45) is -1.51. The van der Waals surface area contributed by atoms with E-state index in [0.29, 0.717) is 17.6 Å². The van der Waals surface area contributed by atoms with Gasteiger partial charge in [0, 0.05) is 37.8 Å². The van der Waals surface area contributed by atoms with E-state index in [9.17, 15) is 18.0 Å². The molecule has 1 N–H and O–H groups in total. The van der Waals surface area contributed by atoms with Gasteiger partial charge in [0.2, 0.25) is 0 Å². The number of halogens is 3. The maximum absolute atomic E-state index is 12.3. The van der Waals surface area contributed by atoms with Gasteiger partial charge in [-0.15, -0.1) is 0 Å². The number of hydrogen-bond acceptors (Lipinski definition) is 4. The van der Waals surface area contributed by atoms with Gasteiger partial charge in [0.1, 0.15) is 5.82 Å². The molecule has 1 aromatic rings. The first-order chi connectivity index (χ1) is 9.68. The normalized spacial score (nSPS) is 12.6. The fraction of sp³-hybridized carbons (Fsp3) is 0.286. The van der Waals surface area contributed by atoms with Gasteiger partial charge in [0.15, 0.2) is 0 Å². The van der Waals surface area contributed by atoms with Crippen LogP contribution in [0.2, 0.25) is 0 Å². The third-order valence-corrected chi connectivity index (χ3v) is 2.28. The van der Waals surface area contributed by atoms with Gasteiger partial charge in [-0.3, -0.25) is 4.79 Å². The van der Waals surface area contributed by atoms with Crippen molar-refractivity contribution in [3.05, 3.63) is 47.9 Å². The summed E-state index contributed by atoms with van der Waals surface area (Å²) in [5.74, 6) is -1.57. The standard InChI is InChI=1S/C14H16F3N3O/c1-10-5-4-6-13(18-10)19-11(7-8-20(2)3)9-12(21)14(15,16)17/h4-9H,1-3H3,(H,18,19)/b8-7+,11-9-.